The van der Waals surface area contributed by atoms with Crippen molar-refractivity contribution in [2.45, 2.75) is 31.5 Å². The second-order valence-electron chi connectivity index (χ2n) is 6.70. The minimum Gasteiger partial charge on any atom is -0.396 e. The first-order chi connectivity index (χ1) is 10.9. The molecule has 1 N–H and O–H groups in total. The van der Waals surface area contributed by atoms with Gasteiger partial charge in [-0.2, -0.15) is 13.2 Å². The van der Waals surface area contributed by atoms with Gasteiger partial charge in [0.2, 0.25) is 0 Å². The van der Waals surface area contributed by atoms with Crippen LogP contribution in [0.1, 0.15) is 25.0 Å². The quantitative estimate of drug-likeness (QED) is 0.904. The first-order valence-electron chi connectivity index (χ1n) is 7.96. The number of pyridine rings is 1. The van der Waals surface area contributed by atoms with Crippen molar-refractivity contribution >= 4 is 5.82 Å². The fraction of sp³-hybridized carbons (Fsp3) is 0.688. The van der Waals surface area contributed by atoms with Gasteiger partial charge in [-0.15, -0.1) is 0 Å². The summed E-state index contributed by atoms with van der Waals surface area (Å²) in [4.78, 5) is 7.93. The Labute approximate surface area is 133 Å². The molecule has 7 heteroatoms. The van der Waals surface area contributed by atoms with Gasteiger partial charge >= 0.3 is 6.18 Å². The van der Waals surface area contributed by atoms with Crippen LogP contribution in [0.15, 0.2) is 18.2 Å². The lowest BCUT2D eigenvalue weighted by Gasteiger charge is -2.53. The molecule has 128 valence electrons. The summed E-state index contributed by atoms with van der Waals surface area (Å²) >= 11 is 0. The van der Waals surface area contributed by atoms with E-state index in [1.54, 1.807) is 6.07 Å². The SMILES string of the molecule is CN1CCC[C@]2(CO)CCN(c3cccc(C(F)(F)F)n3)C[C@@H]12. The molecule has 0 aromatic carbocycles. The van der Waals surface area contributed by atoms with E-state index in [2.05, 4.69) is 9.88 Å². The predicted molar refractivity (Wildman–Crippen MR) is 81.2 cm³/mol. The third-order valence-electron chi connectivity index (χ3n) is 5.36. The minimum atomic E-state index is -4.43. The number of likely N-dealkylation sites (N-methyl/N-ethyl adjacent to an activating group) is 1. The van der Waals surface area contributed by atoms with Crippen LogP contribution in [0.25, 0.3) is 0 Å². The number of hydrogen-bond acceptors (Lipinski definition) is 4. The molecule has 0 amide bonds. The van der Waals surface area contributed by atoms with Crippen molar-refractivity contribution < 1.29 is 18.3 Å². The minimum absolute atomic E-state index is 0.131. The smallest absolute Gasteiger partial charge is 0.396 e. The molecule has 0 bridgehead atoms. The lowest BCUT2D eigenvalue weighted by atomic mass is 9.69. The van der Waals surface area contributed by atoms with Crippen LogP contribution in [-0.2, 0) is 6.18 Å². The van der Waals surface area contributed by atoms with E-state index in [1.165, 1.54) is 6.07 Å². The first-order valence-corrected chi connectivity index (χ1v) is 7.96. The number of aliphatic hydroxyl groups excluding tert-OH is 1. The lowest BCUT2D eigenvalue weighted by Crippen LogP contribution is -2.61. The molecular formula is C16H22F3N3O. The zero-order valence-electron chi connectivity index (χ0n) is 13.2. The third kappa shape index (κ3) is 3.04. The maximum absolute atomic E-state index is 12.9. The molecule has 2 fully saturated rings. The molecule has 1 aromatic rings. The van der Waals surface area contributed by atoms with E-state index in [1.807, 2.05) is 11.9 Å². The normalized spacial score (nSPS) is 29.4. The molecule has 4 nitrogen and oxygen atoms in total. The number of anilines is 1. The van der Waals surface area contributed by atoms with Gasteiger partial charge in [-0.25, -0.2) is 4.98 Å². The average Bonchev–Trinajstić information content (AvgIpc) is 2.54. The van der Waals surface area contributed by atoms with Gasteiger partial charge < -0.3 is 14.9 Å². The standard InChI is InChI=1S/C16H22F3N3O/c1-21-8-3-6-15(11-23)7-9-22(10-13(15)21)14-5-2-4-12(20-14)16(17,18)19/h2,4-5,13,23H,3,6-11H2,1H3/t13-,15-/m1/s1. The molecule has 2 saturated heterocycles. The Hall–Kier alpha value is -1.34. The van der Waals surface area contributed by atoms with Crippen LogP contribution in [0.4, 0.5) is 19.0 Å². The molecule has 2 atom stereocenters. The third-order valence-corrected chi connectivity index (χ3v) is 5.36. The maximum atomic E-state index is 12.9. The first kappa shape index (κ1) is 16.5. The Morgan fingerprint density at radius 1 is 1.30 bits per heavy atom. The van der Waals surface area contributed by atoms with E-state index in [-0.39, 0.29) is 18.1 Å². The summed E-state index contributed by atoms with van der Waals surface area (Å²) in [6, 6.07) is 4.18. The van der Waals surface area contributed by atoms with E-state index < -0.39 is 11.9 Å². The van der Waals surface area contributed by atoms with Crippen molar-refractivity contribution in [1.29, 1.82) is 0 Å². The monoisotopic (exact) mass is 329 g/mol. The molecule has 0 aliphatic carbocycles. The number of likely N-dealkylation sites (tertiary alicyclic amines) is 1. The fourth-order valence-corrected chi connectivity index (χ4v) is 3.98. The molecule has 23 heavy (non-hydrogen) atoms. The van der Waals surface area contributed by atoms with Gasteiger partial charge in [0.15, 0.2) is 0 Å². The van der Waals surface area contributed by atoms with Crippen LogP contribution in [-0.4, -0.2) is 54.3 Å². The number of halogens is 3. The number of aromatic nitrogens is 1. The Morgan fingerprint density at radius 2 is 2.09 bits per heavy atom. The van der Waals surface area contributed by atoms with Gasteiger partial charge in [0.1, 0.15) is 11.5 Å². The molecule has 1 aromatic heterocycles. The van der Waals surface area contributed by atoms with Crippen LogP contribution >= 0.6 is 0 Å². The summed E-state index contributed by atoms with van der Waals surface area (Å²) in [6.45, 7) is 2.31. The summed E-state index contributed by atoms with van der Waals surface area (Å²) in [5.41, 5.74) is -0.989. The highest BCUT2D eigenvalue weighted by molar-refractivity contribution is 5.41. The average molecular weight is 329 g/mol. The molecular weight excluding hydrogens is 307 g/mol. The lowest BCUT2D eigenvalue weighted by molar-refractivity contribution is -0.141. The molecule has 2 aliphatic rings. The van der Waals surface area contributed by atoms with Crippen molar-refractivity contribution in [3.63, 3.8) is 0 Å². The van der Waals surface area contributed by atoms with Crippen molar-refractivity contribution in [1.82, 2.24) is 9.88 Å². The van der Waals surface area contributed by atoms with Crippen LogP contribution in [0.5, 0.6) is 0 Å². The highest BCUT2D eigenvalue weighted by atomic mass is 19.4. The van der Waals surface area contributed by atoms with Gasteiger partial charge in [0.05, 0.1) is 6.61 Å². The molecule has 0 saturated carbocycles. The Balaban J connectivity index is 1.84. The Bertz CT molecular complexity index is 566. The number of hydrogen-bond donors (Lipinski definition) is 1. The maximum Gasteiger partial charge on any atom is 0.433 e. The van der Waals surface area contributed by atoms with Crippen molar-refractivity contribution in [3.8, 4) is 0 Å². The zero-order chi connectivity index (χ0) is 16.7. The van der Waals surface area contributed by atoms with E-state index in [9.17, 15) is 18.3 Å². The fourth-order valence-electron chi connectivity index (χ4n) is 3.98. The van der Waals surface area contributed by atoms with Crippen LogP contribution < -0.4 is 4.90 Å². The van der Waals surface area contributed by atoms with Crippen molar-refractivity contribution in [2.75, 3.05) is 38.2 Å². The number of nitrogens with zero attached hydrogens (tertiary/aromatic N) is 3. The topological polar surface area (TPSA) is 39.6 Å². The molecule has 0 unspecified atom stereocenters. The van der Waals surface area contributed by atoms with Gasteiger partial charge in [-0.05, 0) is 45.0 Å². The number of fused-ring (bicyclic) bond motifs is 1. The zero-order valence-corrected chi connectivity index (χ0v) is 13.2. The number of aliphatic hydroxyl groups is 1. The predicted octanol–water partition coefficient (Wildman–Crippen LogP) is 2.38. The number of piperidine rings is 2. The number of rotatable bonds is 2. The molecule has 3 rings (SSSR count). The van der Waals surface area contributed by atoms with Gasteiger partial charge in [0.25, 0.3) is 0 Å². The van der Waals surface area contributed by atoms with Crippen molar-refractivity contribution in [2.24, 2.45) is 5.41 Å². The molecule has 0 radical (unpaired) electrons. The second kappa shape index (κ2) is 5.94. The van der Waals surface area contributed by atoms with E-state index >= 15 is 0 Å². The highest BCUT2D eigenvalue weighted by Gasteiger charge is 2.46. The number of alkyl halides is 3. The van der Waals surface area contributed by atoms with Gasteiger partial charge in [-0.3, -0.25) is 0 Å². The van der Waals surface area contributed by atoms with E-state index in [0.717, 1.165) is 31.9 Å². The van der Waals surface area contributed by atoms with Crippen LogP contribution in [0.3, 0.4) is 0 Å². The molecule has 0 spiro atoms. The summed E-state index contributed by atoms with van der Waals surface area (Å²) in [6.07, 6.45) is -1.63. The Kier molecular flexibility index (Phi) is 4.27. The second-order valence-corrected chi connectivity index (χ2v) is 6.70. The van der Waals surface area contributed by atoms with Crippen LogP contribution in [0.2, 0.25) is 0 Å². The summed E-state index contributed by atoms with van der Waals surface area (Å²) in [7, 11) is 2.03. The van der Waals surface area contributed by atoms with Crippen molar-refractivity contribution in [3.05, 3.63) is 23.9 Å². The van der Waals surface area contributed by atoms with E-state index in [4.69, 9.17) is 0 Å². The van der Waals surface area contributed by atoms with Crippen LogP contribution in [0, 0.1) is 5.41 Å². The Morgan fingerprint density at radius 3 is 2.78 bits per heavy atom. The summed E-state index contributed by atoms with van der Waals surface area (Å²) in [5, 5.41) is 9.89. The van der Waals surface area contributed by atoms with Gasteiger partial charge in [0, 0.05) is 24.5 Å². The summed E-state index contributed by atoms with van der Waals surface area (Å²) in [5.74, 6) is 0.366. The molecule has 2 aliphatic heterocycles. The van der Waals surface area contributed by atoms with E-state index in [0.29, 0.717) is 18.9 Å². The highest BCUT2D eigenvalue weighted by Crippen LogP contribution is 2.42. The molecule has 3 heterocycles. The van der Waals surface area contributed by atoms with Gasteiger partial charge in [-0.1, -0.05) is 6.07 Å². The largest absolute Gasteiger partial charge is 0.433 e. The summed E-state index contributed by atoms with van der Waals surface area (Å²) < 4.78 is 38.6.